The lowest BCUT2D eigenvalue weighted by Crippen LogP contribution is -2.08. The van der Waals surface area contributed by atoms with Crippen molar-refractivity contribution in [2.75, 3.05) is 0 Å². The summed E-state index contributed by atoms with van der Waals surface area (Å²) in [7, 11) is 0. The summed E-state index contributed by atoms with van der Waals surface area (Å²) in [5, 5.41) is 8.70. The molecule has 1 aliphatic carbocycles. The van der Waals surface area contributed by atoms with Crippen molar-refractivity contribution < 1.29 is 0 Å². The van der Waals surface area contributed by atoms with Crippen molar-refractivity contribution in [3.63, 3.8) is 0 Å². The van der Waals surface area contributed by atoms with Gasteiger partial charge in [0.2, 0.25) is 0 Å². The van der Waals surface area contributed by atoms with E-state index in [9.17, 15) is 0 Å². The molecule has 112 valence electrons. The van der Waals surface area contributed by atoms with Gasteiger partial charge in [-0.2, -0.15) is 10.2 Å². The third-order valence-corrected chi connectivity index (χ3v) is 4.31. The Hall–Kier alpha value is -2.43. The van der Waals surface area contributed by atoms with E-state index < -0.39 is 0 Å². The molecule has 2 heterocycles. The zero-order chi connectivity index (χ0) is 14.8. The Morgan fingerprint density at radius 3 is 3.00 bits per heavy atom. The van der Waals surface area contributed by atoms with Gasteiger partial charge in [-0.15, -0.1) is 0 Å². The molecule has 0 saturated heterocycles. The van der Waals surface area contributed by atoms with Gasteiger partial charge in [0, 0.05) is 25.4 Å². The highest BCUT2D eigenvalue weighted by molar-refractivity contribution is 5.48. The van der Waals surface area contributed by atoms with Crippen molar-refractivity contribution in [3.05, 3.63) is 59.9 Å². The molecule has 0 unspecified atom stereocenters. The topological polar surface area (TPSA) is 48.5 Å². The summed E-state index contributed by atoms with van der Waals surface area (Å²) < 4.78 is 3.98. The van der Waals surface area contributed by atoms with Crippen LogP contribution < -0.4 is 0 Å². The lowest BCUT2D eigenvalue weighted by atomic mass is 10.1. The lowest BCUT2D eigenvalue weighted by Gasteiger charge is -2.11. The van der Waals surface area contributed by atoms with Crippen LogP contribution in [0.3, 0.4) is 0 Å². The number of hydrogen-bond donors (Lipinski definition) is 0. The standard InChI is InChI=1S/C17H19N5/c1-5-14-6-2-8-16(15(14)7-1)22-17(18-13-20-22)9-3-11-21-12-4-10-19-21/h2,4,6,8,10,12-13H,1,3,5,7,9,11H2. The van der Waals surface area contributed by atoms with Gasteiger partial charge in [-0.05, 0) is 48.9 Å². The first kappa shape index (κ1) is 13.2. The molecule has 0 saturated carbocycles. The molecule has 4 rings (SSSR count). The maximum Gasteiger partial charge on any atom is 0.138 e. The molecule has 0 spiro atoms. The second kappa shape index (κ2) is 5.75. The molecule has 22 heavy (non-hydrogen) atoms. The van der Waals surface area contributed by atoms with Crippen molar-refractivity contribution in [3.8, 4) is 5.69 Å². The van der Waals surface area contributed by atoms with E-state index in [1.165, 1.54) is 29.7 Å². The SMILES string of the molecule is c1cc2c(c(-n3ncnc3CCCn3cccn3)c1)CCC2. The van der Waals surface area contributed by atoms with Crippen LogP contribution in [0.4, 0.5) is 0 Å². The highest BCUT2D eigenvalue weighted by Gasteiger charge is 2.17. The Labute approximate surface area is 129 Å². The number of aryl methyl sites for hydroxylation is 3. The van der Waals surface area contributed by atoms with E-state index >= 15 is 0 Å². The van der Waals surface area contributed by atoms with Crippen LogP contribution in [0.1, 0.15) is 29.8 Å². The average Bonchev–Trinajstić information content (AvgIpc) is 3.28. The molecule has 5 nitrogen and oxygen atoms in total. The predicted octanol–water partition coefficient (Wildman–Crippen LogP) is 2.59. The summed E-state index contributed by atoms with van der Waals surface area (Å²) in [5.74, 6) is 1.03. The Morgan fingerprint density at radius 1 is 1.09 bits per heavy atom. The highest BCUT2D eigenvalue weighted by atomic mass is 15.3. The van der Waals surface area contributed by atoms with E-state index in [1.54, 1.807) is 6.33 Å². The minimum Gasteiger partial charge on any atom is -0.273 e. The quantitative estimate of drug-likeness (QED) is 0.726. The first-order valence-electron chi connectivity index (χ1n) is 7.89. The predicted molar refractivity (Wildman–Crippen MR) is 83.9 cm³/mol. The van der Waals surface area contributed by atoms with Gasteiger partial charge in [-0.1, -0.05) is 12.1 Å². The number of fused-ring (bicyclic) bond motifs is 1. The van der Waals surface area contributed by atoms with Crippen LogP contribution >= 0.6 is 0 Å². The largest absolute Gasteiger partial charge is 0.273 e. The Morgan fingerprint density at radius 2 is 2.09 bits per heavy atom. The van der Waals surface area contributed by atoms with Crippen molar-refractivity contribution in [1.29, 1.82) is 0 Å². The van der Waals surface area contributed by atoms with Gasteiger partial charge in [-0.25, -0.2) is 9.67 Å². The molecule has 0 fully saturated rings. The van der Waals surface area contributed by atoms with Crippen molar-refractivity contribution in [1.82, 2.24) is 24.5 Å². The molecule has 5 heteroatoms. The minimum atomic E-state index is 0.906. The van der Waals surface area contributed by atoms with Gasteiger partial charge < -0.3 is 0 Å². The molecule has 1 aliphatic rings. The van der Waals surface area contributed by atoms with Crippen LogP contribution in [0.5, 0.6) is 0 Å². The fraction of sp³-hybridized carbons (Fsp3) is 0.353. The van der Waals surface area contributed by atoms with E-state index in [4.69, 9.17) is 0 Å². The second-order valence-electron chi connectivity index (χ2n) is 5.73. The summed E-state index contributed by atoms with van der Waals surface area (Å²) in [6.45, 7) is 0.909. The number of benzene rings is 1. The highest BCUT2D eigenvalue weighted by Crippen LogP contribution is 2.27. The smallest absolute Gasteiger partial charge is 0.138 e. The molecule has 0 amide bonds. The van der Waals surface area contributed by atoms with E-state index in [0.29, 0.717) is 0 Å². The van der Waals surface area contributed by atoms with Gasteiger partial charge >= 0.3 is 0 Å². The maximum atomic E-state index is 4.46. The van der Waals surface area contributed by atoms with Gasteiger partial charge in [0.15, 0.2) is 0 Å². The first-order valence-corrected chi connectivity index (χ1v) is 7.89. The molecule has 0 N–H and O–H groups in total. The molecule has 3 aromatic rings. The van der Waals surface area contributed by atoms with Gasteiger partial charge in [0.05, 0.1) is 5.69 Å². The summed E-state index contributed by atoms with van der Waals surface area (Å²) in [5.41, 5.74) is 4.12. The number of nitrogens with zero attached hydrogens (tertiary/aromatic N) is 5. The summed E-state index contributed by atoms with van der Waals surface area (Å²) in [6, 6.07) is 8.49. The zero-order valence-corrected chi connectivity index (χ0v) is 12.5. The van der Waals surface area contributed by atoms with Gasteiger partial charge in [-0.3, -0.25) is 4.68 Å². The molecule has 0 bridgehead atoms. The molecule has 2 aromatic heterocycles. The molecule has 1 aromatic carbocycles. The summed E-state index contributed by atoms with van der Waals surface area (Å²) in [4.78, 5) is 4.46. The number of rotatable bonds is 5. The molecular formula is C17H19N5. The van der Waals surface area contributed by atoms with Crippen LogP contribution in [0.15, 0.2) is 43.0 Å². The molecular weight excluding hydrogens is 274 g/mol. The average molecular weight is 293 g/mol. The van der Waals surface area contributed by atoms with Crippen molar-refractivity contribution in [2.45, 2.75) is 38.6 Å². The van der Waals surface area contributed by atoms with Gasteiger partial charge in [0.25, 0.3) is 0 Å². The fourth-order valence-electron chi connectivity index (χ4n) is 3.27. The number of hydrogen-bond acceptors (Lipinski definition) is 3. The Bertz CT molecular complexity index is 757. The second-order valence-corrected chi connectivity index (χ2v) is 5.73. The third kappa shape index (κ3) is 2.43. The monoisotopic (exact) mass is 293 g/mol. The van der Waals surface area contributed by atoms with E-state index in [2.05, 4.69) is 33.4 Å². The van der Waals surface area contributed by atoms with Crippen molar-refractivity contribution >= 4 is 0 Å². The van der Waals surface area contributed by atoms with Crippen molar-refractivity contribution in [2.24, 2.45) is 0 Å². The Kier molecular flexibility index (Phi) is 3.46. The van der Waals surface area contributed by atoms with Crippen LogP contribution in [0, 0.1) is 0 Å². The maximum absolute atomic E-state index is 4.46. The molecule has 0 radical (unpaired) electrons. The molecule has 0 atom stereocenters. The van der Waals surface area contributed by atoms with E-state index in [0.717, 1.165) is 31.6 Å². The normalized spacial score (nSPS) is 13.5. The minimum absolute atomic E-state index is 0.906. The summed E-state index contributed by atoms with van der Waals surface area (Å²) in [6.07, 6.45) is 11.0. The Balaban J connectivity index is 1.54. The van der Waals surface area contributed by atoms with Crippen LogP contribution in [0.25, 0.3) is 5.69 Å². The van der Waals surface area contributed by atoms with Crippen LogP contribution in [0.2, 0.25) is 0 Å². The zero-order valence-electron chi connectivity index (χ0n) is 12.5. The first-order chi connectivity index (χ1) is 10.9. The fourth-order valence-corrected chi connectivity index (χ4v) is 3.27. The lowest BCUT2D eigenvalue weighted by molar-refractivity contribution is 0.566. The van der Waals surface area contributed by atoms with E-state index in [1.807, 2.05) is 27.8 Å². The number of aromatic nitrogens is 5. The molecule has 0 aliphatic heterocycles. The van der Waals surface area contributed by atoms with Crippen LogP contribution in [-0.2, 0) is 25.8 Å². The van der Waals surface area contributed by atoms with Gasteiger partial charge in [0.1, 0.15) is 12.2 Å². The summed E-state index contributed by atoms with van der Waals surface area (Å²) >= 11 is 0. The van der Waals surface area contributed by atoms with E-state index in [-0.39, 0.29) is 0 Å². The van der Waals surface area contributed by atoms with Crippen LogP contribution in [-0.4, -0.2) is 24.5 Å². The third-order valence-electron chi connectivity index (χ3n) is 4.31.